The number of aromatic nitrogens is 1. The van der Waals surface area contributed by atoms with Gasteiger partial charge in [0.25, 0.3) is 6.43 Å². The Hall–Kier alpha value is -0.420. The third kappa shape index (κ3) is 2.28. The van der Waals surface area contributed by atoms with Crippen molar-refractivity contribution >= 4 is 27.5 Å². The largest absolute Gasteiger partial charge is 0.481 e. The van der Waals surface area contributed by atoms with Gasteiger partial charge in [0.1, 0.15) is 5.15 Å². The van der Waals surface area contributed by atoms with Crippen LogP contribution in [0.3, 0.4) is 0 Å². The smallest absolute Gasteiger partial charge is 0.270 e. The van der Waals surface area contributed by atoms with Crippen molar-refractivity contribution in [2.75, 3.05) is 7.11 Å². The van der Waals surface area contributed by atoms with Crippen LogP contribution in [0.5, 0.6) is 5.88 Å². The Morgan fingerprint density at radius 1 is 1.62 bits per heavy atom. The number of nitrogens with zero attached hydrogens (tertiary/aromatic N) is 1. The highest BCUT2D eigenvalue weighted by atomic mass is 79.9. The number of hydrogen-bond donors (Lipinski definition) is 0. The van der Waals surface area contributed by atoms with Gasteiger partial charge in [-0.25, -0.2) is 13.8 Å². The molecular formula is C7H5BrClF2NO. The maximum atomic E-state index is 12.4. The van der Waals surface area contributed by atoms with Gasteiger partial charge in [0.05, 0.1) is 12.7 Å². The molecule has 1 rings (SSSR count). The Balaban J connectivity index is 3.30. The van der Waals surface area contributed by atoms with Crippen LogP contribution < -0.4 is 4.74 Å². The van der Waals surface area contributed by atoms with Crippen LogP contribution in [0.1, 0.15) is 12.0 Å². The average Bonchev–Trinajstić information content (AvgIpc) is 2.01. The van der Waals surface area contributed by atoms with Gasteiger partial charge in [-0.1, -0.05) is 11.6 Å². The second kappa shape index (κ2) is 4.19. The summed E-state index contributed by atoms with van der Waals surface area (Å²) in [6, 6.07) is 1.30. The van der Waals surface area contributed by atoms with Crippen molar-refractivity contribution < 1.29 is 13.5 Å². The Labute approximate surface area is 87.0 Å². The second-order valence-electron chi connectivity index (χ2n) is 2.15. The molecule has 0 fully saturated rings. The maximum Gasteiger partial charge on any atom is 0.270 e. The number of ether oxygens (including phenoxy) is 1. The zero-order valence-electron chi connectivity index (χ0n) is 6.52. The molecule has 6 heteroatoms. The van der Waals surface area contributed by atoms with E-state index >= 15 is 0 Å². The quantitative estimate of drug-likeness (QED) is 0.769. The van der Waals surface area contributed by atoms with Gasteiger partial charge in [-0.15, -0.1) is 0 Å². The molecule has 0 aliphatic carbocycles. The molecule has 0 atom stereocenters. The van der Waals surface area contributed by atoms with Crippen molar-refractivity contribution in [1.29, 1.82) is 0 Å². The van der Waals surface area contributed by atoms with Gasteiger partial charge in [0.2, 0.25) is 5.88 Å². The summed E-state index contributed by atoms with van der Waals surface area (Å²) in [6.07, 6.45) is -2.64. The van der Waals surface area contributed by atoms with E-state index in [0.717, 1.165) is 0 Å². The van der Waals surface area contributed by atoms with E-state index in [-0.39, 0.29) is 21.1 Å². The van der Waals surface area contributed by atoms with Crippen LogP contribution in [0.15, 0.2) is 10.5 Å². The number of hydrogen-bond acceptors (Lipinski definition) is 2. The van der Waals surface area contributed by atoms with E-state index in [0.29, 0.717) is 0 Å². The SMILES string of the molecule is COc1nc(Cl)cc(Br)c1C(F)F. The van der Waals surface area contributed by atoms with Gasteiger partial charge in [0.15, 0.2) is 0 Å². The van der Waals surface area contributed by atoms with E-state index in [2.05, 4.69) is 25.7 Å². The Morgan fingerprint density at radius 3 is 2.69 bits per heavy atom. The lowest BCUT2D eigenvalue weighted by Crippen LogP contribution is -1.97. The van der Waals surface area contributed by atoms with Gasteiger partial charge >= 0.3 is 0 Å². The number of halogens is 4. The standard InChI is InChI=1S/C7H5BrClF2NO/c1-13-7-5(6(10)11)3(8)2-4(9)12-7/h2,6H,1H3. The second-order valence-corrected chi connectivity index (χ2v) is 3.39. The van der Waals surface area contributed by atoms with Crippen molar-refractivity contribution in [1.82, 2.24) is 4.98 Å². The molecule has 0 spiro atoms. The van der Waals surface area contributed by atoms with Crippen molar-refractivity contribution in [3.8, 4) is 5.88 Å². The minimum atomic E-state index is -2.64. The fraction of sp³-hybridized carbons (Fsp3) is 0.286. The normalized spacial score (nSPS) is 10.6. The van der Waals surface area contributed by atoms with Crippen LogP contribution in [0, 0.1) is 0 Å². The lowest BCUT2D eigenvalue weighted by molar-refractivity contribution is 0.145. The summed E-state index contributed by atoms with van der Waals surface area (Å²) in [5, 5.41) is 0.105. The molecule has 72 valence electrons. The van der Waals surface area contributed by atoms with E-state index in [1.165, 1.54) is 13.2 Å². The third-order valence-electron chi connectivity index (χ3n) is 1.35. The molecule has 0 saturated carbocycles. The molecule has 0 radical (unpaired) electrons. The van der Waals surface area contributed by atoms with E-state index < -0.39 is 6.43 Å². The highest BCUT2D eigenvalue weighted by Gasteiger charge is 2.19. The lowest BCUT2D eigenvalue weighted by atomic mass is 10.3. The summed E-state index contributed by atoms with van der Waals surface area (Å²) in [4.78, 5) is 3.61. The van der Waals surface area contributed by atoms with Crippen molar-refractivity contribution in [3.05, 3.63) is 21.3 Å². The van der Waals surface area contributed by atoms with Gasteiger partial charge in [-0.2, -0.15) is 0 Å². The minimum Gasteiger partial charge on any atom is -0.481 e. The highest BCUT2D eigenvalue weighted by Crippen LogP contribution is 2.35. The summed E-state index contributed by atoms with van der Waals surface area (Å²) in [5.41, 5.74) is -0.285. The van der Waals surface area contributed by atoms with Gasteiger partial charge in [-0.05, 0) is 22.0 Å². The summed E-state index contributed by atoms with van der Waals surface area (Å²) in [6.45, 7) is 0. The van der Waals surface area contributed by atoms with Crippen LogP contribution in [0.2, 0.25) is 5.15 Å². The monoisotopic (exact) mass is 271 g/mol. The zero-order valence-corrected chi connectivity index (χ0v) is 8.86. The van der Waals surface area contributed by atoms with Gasteiger partial charge in [-0.3, -0.25) is 0 Å². The summed E-state index contributed by atoms with van der Waals surface area (Å²) >= 11 is 8.49. The molecule has 0 unspecified atom stereocenters. The lowest BCUT2D eigenvalue weighted by Gasteiger charge is -2.08. The van der Waals surface area contributed by atoms with Crippen molar-refractivity contribution in [3.63, 3.8) is 0 Å². The number of methoxy groups -OCH3 is 1. The molecule has 1 aromatic heterocycles. The predicted molar refractivity (Wildman–Crippen MR) is 48.5 cm³/mol. The summed E-state index contributed by atoms with van der Waals surface area (Å²) < 4.78 is 29.7. The number of alkyl halides is 2. The van der Waals surface area contributed by atoms with Crippen molar-refractivity contribution in [2.24, 2.45) is 0 Å². The fourth-order valence-corrected chi connectivity index (χ4v) is 1.70. The van der Waals surface area contributed by atoms with E-state index in [4.69, 9.17) is 11.6 Å². The Morgan fingerprint density at radius 2 is 2.23 bits per heavy atom. The van der Waals surface area contributed by atoms with Crippen LogP contribution in [-0.2, 0) is 0 Å². The van der Waals surface area contributed by atoms with E-state index in [1.807, 2.05) is 0 Å². The predicted octanol–water partition coefficient (Wildman–Crippen LogP) is 3.44. The summed E-state index contributed by atoms with van der Waals surface area (Å²) in [7, 11) is 1.26. The van der Waals surface area contributed by atoms with Crippen LogP contribution >= 0.6 is 27.5 Å². The molecule has 1 heterocycles. The highest BCUT2D eigenvalue weighted by molar-refractivity contribution is 9.10. The molecular weight excluding hydrogens is 267 g/mol. The zero-order chi connectivity index (χ0) is 10.0. The van der Waals surface area contributed by atoms with Crippen LogP contribution in [0.25, 0.3) is 0 Å². The van der Waals surface area contributed by atoms with Gasteiger partial charge in [0, 0.05) is 4.47 Å². The van der Waals surface area contributed by atoms with Crippen molar-refractivity contribution in [2.45, 2.75) is 6.43 Å². The first-order valence-corrected chi connectivity index (χ1v) is 4.41. The number of rotatable bonds is 2. The first-order valence-electron chi connectivity index (χ1n) is 3.24. The first-order chi connectivity index (χ1) is 6.06. The number of pyridine rings is 1. The molecule has 0 amide bonds. The molecule has 2 nitrogen and oxygen atoms in total. The molecule has 1 aromatic rings. The molecule has 13 heavy (non-hydrogen) atoms. The Bertz CT molecular complexity index is 322. The molecule has 0 aliphatic heterocycles. The topological polar surface area (TPSA) is 22.1 Å². The Kier molecular flexibility index (Phi) is 3.44. The maximum absolute atomic E-state index is 12.4. The average molecular weight is 272 g/mol. The third-order valence-corrected chi connectivity index (χ3v) is 2.20. The van der Waals surface area contributed by atoms with Gasteiger partial charge < -0.3 is 4.74 Å². The molecule has 0 bridgehead atoms. The molecule has 0 saturated heterocycles. The molecule has 0 aliphatic rings. The van der Waals surface area contributed by atoms with Crippen LogP contribution in [-0.4, -0.2) is 12.1 Å². The minimum absolute atomic E-state index is 0.105. The summed E-state index contributed by atoms with van der Waals surface area (Å²) in [5.74, 6) is -0.158. The molecule has 0 aromatic carbocycles. The van der Waals surface area contributed by atoms with E-state index in [9.17, 15) is 8.78 Å². The van der Waals surface area contributed by atoms with E-state index in [1.54, 1.807) is 0 Å². The first kappa shape index (κ1) is 10.7. The van der Waals surface area contributed by atoms with Crippen LogP contribution in [0.4, 0.5) is 8.78 Å². The fourth-order valence-electron chi connectivity index (χ4n) is 0.827. The molecule has 0 N–H and O–H groups in total.